The first-order chi connectivity index (χ1) is 16.1. The SMILES string of the molecule is C=C/C=C\C=C(/C)C(CC(=C)CCCC(C)CCC=C(C)C)C(C)C(=C)C/C=C\C(C)=C/C=C. The minimum atomic E-state index is 0.390. The molecule has 0 fully saturated rings. The highest BCUT2D eigenvalue weighted by Crippen LogP contribution is 2.34. The lowest BCUT2D eigenvalue weighted by atomic mass is 9.77. The molecule has 0 rings (SSSR count). The first-order valence-electron chi connectivity index (χ1n) is 13.0. The fourth-order valence-corrected chi connectivity index (χ4v) is 4.16. The Morgan fingerprint density at radius 2 is 1.59 bits per heavy atom. The van der Waals surface area contributed by atoms with Gasteiger partial charge in [0.2, 0.25) is 0 Å². The molecule has 0 bridgehead atoms. The van der Waals surface area contributed by atoms with E-state index >= 15 is 0 Å². The molecule has 0 heterocycles. The van der Waals surface area contributed by atoms with Gasteiger partial charge in [-0.2, -0.15) is 0 Å². The zero-order chi connectivity index (χ0) is 25.9. The highest BCUT2D eigenvalue weighted by Gasteiger charge is 2.21. The van der Waals surface area contributed by atoms with Crippen LogP contribution in [0.2, 0.25) is 0 Å². The topological polar surface area (TPSA) is 0 Å². The summed E-state index contributed by atoms with van der Waals surface area (Å²) in [6.07, 6.45) is 26.7. The van der Waals surface area contributed by atoms with Crippen molar-refractivity contribution in [3.8, 4) is 0 Å². The molecule has 188 valence electrons. The lowest BCUT2D eigenvalue weighted by Crippen LogP contribution is -2.16. The molecule has 0 spiro atoms. The van der Waals surface area contributed by atoms with Crippen LogP contribution >= 0.6 is 0 Å². The van der Waals surface area contributed by atoms with E-state index in [9.17, 15) is 0 Å². The molecule has 34 heavy (non-hydrogen) atoms. The van der Waals surface area contributed by atoms with Crippen LogP contribution in [0.5, 0.6) is 0 Å². The summed E-state index contributed by atoms with van der Waals surface area (Å²) >= 11 is 0. The van der Waals surface area contributed by atoms with Crippen LogP contribution in [0.25, 0.3) is 0 Å². The highest BCUT2D eigenvalue weighted by atomic mass is 14.3. The van der Waals surface area contributed by atoms with E-state index < -0.39 is 0 Å². The summed E-state index contributed by atoms with van der Waals surface area (Å²) in [7, 11) is 0. The summed E-state index contributed by atoms with van der Waals surface area (Å²) in [5.74, 6) is 1.58. The van der Waals surface area contributed by atoms with Crippen molar-refractivity contribution in [3.05, 3.63) is 109 Å². The van der Waals surface area contributed by atoms with E-state index in [1.807, 2.05) is 24.3 Å². The second kappa shape index (κ2) is 19.0. The van der Waals surface area contributed by atoms with Gasteiger partial charge < -0.3 is 0 Å². The first kappa shape index (κ1) is 31.7. The van der Waals surface area contributed by atoms with Gasteiger partial charge in [0.15, 0.2) is 0 Å². The number of allylic oxidation sites excluding steroid dienone is 14. The Kier molecular flexibility index (Phi) is 17.7. The highest BCUT2D eigenvalue weighted by molar-refractivity contribution is 5.24. The molecule has 0 aromatic carbocycles. The molecule has 0 saturated carbocycles. The fraction of sp³-hybridized carbons (Fsp3) is 0.471. The third kappa shape index (κ3) is 15.5. The Morgan fingerprint density at radius 3 is 2.21 bits per heavy atom. The van der Waals surface area contributed by atoms with Gasteiger partial charge >= 0.3 is 0 Å². The third-order valence-electron chi connectivity index (χ3n) is 6.53. The van der Waals surface area contributed by atoms with Crippen LogP contribution in [0.1, 0.15) is 86.5 Å². The van der Waals surface area contributed by atoms with Gasteiger partial charge in [-0.3, -0.25) is 0 Å². The fourth-order valence-electron chi connectivity index (χ4n) is 4.16. The monoisotopic (exact) mass is 460 g/mol. The minimum Gasteiger partial charge on any atom is -0.0998 e. The summed E-state index contributed by atoms with van der Waals surface area (Å²) in [5.41, 5.74) is 6.65. The van der Waals surface area contributed by atoms with Gasteiger partial charge in [0.05, 0.1) is 0 Å². The molecule has 0 aliphatic rings. The quantitative estimate of drug-likeness (QED) is 0.141. The van der Waals surface area contributed by atoms with Crippen molar-refractivity contribution in [2.24, 2.45) is 17.8 Å². The van der Waals surface area contributed by atoms with Crippen molar-refractivity contribution in [1.82, 2.24) is 0 Å². The Bertz CT molecular complexity index is 786. The maximum atomic E-state index is 4.47. The Balaban J connectivity index is 5.08. The second-order valence-electron chi connectivity index (χ2n) is 10.1. The molecule has 0 nitrogen and oxygen atoms in total. The molecule has 0 heteroatoms. The molecule has 0 amide bonds. The van der Waals surface area contributed by atoms with E-state index in [1.54, 1.807) is 0 Å². The molecule has 0 aromatic heterocycles. The van der Waals surface area contributed by atoms with E-state index in [1.165, 1.54) is 53.5 Å². The standard InChI is InChI=1S/C34H52/c1-11-13-14-24-32(9)34(33(10)31(8)25-17-22-28(5)18-12-2)26-30(7)23-16-21-29(6)20-15-19-27(3)4/h11-14,17-19,22,24,29,33-34H,1-2,7-8,15-16,20-21,23,25-26H2,3-6,9-10H3/b14-13-,22-17-,28-18-,32-24+. The van der Waals surface area contributed by atoms with E-state index in [0.29, 0.717) is 11.8 Å². The van der Waals surface area contributed by atoms with Crippen LogP contribution < -0.4 is 0 Å². The molecule has 0 radical (unpaired) electrons. The zero-order valence-corrected chi connectivity index (χ0v) is 23.2. The van der Waals surface area contributed by atoms with Crippen molar-refractivity contribution in [2.75, 3.05) is 0 Å². The molecule has 0 N–H and O–H groups in total. The van der Waals surface area contributed by atoms with Crippen molar-refractivity contribution in [3.63, 3.8) is 0 Å². The van der Waals surface area contributed by atoms with Gasteiger partial charge in [-0.1, -0.05) is 129 Å². The summed E-state index contributed by atoms with van der Waals surface area (Å²) in [5, 5.41) is 0. The van der Waals surface area contributed by atoms with Crippen molar-refractivity contribution in [1.29, 1.82) is 0 Å². The van der Waals surface area contributed by atoms with Crippen molar-refractivity contribution < 1.29 is 0 Å². The molecule has 3 atom stereocenters. The molecule has 0 aliphatic heterocycles. The summed E-state index contributed by atoms with van der Waals surface area (Å²) in [6.45, 7) is 29.9. The predicted molar refractivity (Wildman–Crippen MR) is 158 cm³/mol. The van der Waals surface area contributed by atoms with E-state index in [-0.39, 0.29) is 0 Å². The van der Waals surface area contributed by atoms with Crippen LogP contribution in [0.15, 0.2) is 109 Å². The summed E-state index contributed by atoms with van der Waals surface area (Å²) in [4.78, 5) is 0. The van der Waals surface area contributed by atoms with E-state index in [0.717, 1.165) is 25.2 Å². The Labute approximate surface area is 213 Å². The molecule has 0 saturated heterocycles. The maximum Gasteiger partial charge on any atom is -0.0103 e. The molecular weight excluding hydrogens is 408 g/mol. The molecule has 0 aliphatic carbocycles. The van der Waals surface area contributed by atoms with Gasteiger partial charge in [-0.25, -0.2) is 0 Å². The normalized spacial score (nSPS) is 15.2. The average molecular weight is 461 g/mol. The van der Waals surface area contributed by atoms with Gasteiger partial charge in [0.1, 0.15) is 0 Å². The molecular formula is C34H52. The average Bonchev–Trinajstić information content (AvgIpc) is 2.76. The maximum absolute atomic E-state index is 4.47. The summed E-state index contributed by atoms with van der Waals surface area (Å²) < 4.78 is 0. The van der Waals surface area contributed by atoms with Crippen LogP contribution in [0.4, 0.5) is 0 Å². The first-order valence-corrected chi connectivity index (χ1v) is 13.0. The van der Waals surface area contributed by atoms with Crippen LogP contribution in [0, 0.1) is 17.8 Å². The van der Waals surface area contributed by atoms with Gasteiger partial charge in [-0.15, -0.1) is 0 Å². The van der Waals surface area contributed by atoms with Gasteiger partial charge in [-0.05, 0) is 84.0 Å². The summed E-state index contributed by atoms with van der Waals surface area (Å²) in [6, 6.07) is 0. The second-order valence-corrected chi connectivity index (χ2v) is 10.1. The van der Waals surface area contributed by atoms with Gasteiger partial charge in [0.25, 0.3) is 0 Å². The molecule has 3 unspecified atom stereocenters. The predicted octanol–water partition coefficient (Wildman–Crippen LogP) is 11.1. The Hall–Kier alpha value is -2.34. The van der Waals surface area contributed by atoms with Gasteiger partial charge in [0, 0.05) is 0 Å². The largest absolute Gasteiger partial charge is 0.0998 e. The Morgan fingerprint density at radius 1 is 0.882 bits per heavy atom. The number of hydrogen-bond acceptors (Lipinski definition) is 0. The zero-order valence-electron chi connectivity index (χ0n) is 23.2. The van der Waals surface area contributed by atoms with E-state index in [2.05, 4.69) is 98.2 Å². The lowest BCUT2D eigenvalue weighted by Gasteiger charge is -2.27. The van der Waals surface area contributed by atoms with Crippen molar-refractivity contribution in [2.45, 2.75) is 86.5 Å². The van der Waals surface area contributed by atoms with Crippen LogP contribution in [-0.4, -0.2) is 0 Å². The third-order valence-corrected chi connectivity index (χ3v) is 6.53. The van der Waals surface area contributed by atoms with Crippen molar-refractivity contribution >= 4 is 0 Å². The minimum absolute atomic E-state index is 0.390. The van der Waals surface area contributed by atoms with Crippen LogP contribution in [-0.2, 0) is 0 Å². The number of hydrogen-bond donors (Lipinski definition) is 0. The lowest BCUT2D eigenvalue weighted by molar-refractivity contribution is 0.440. The smallest absolute Gasteiger partial charge is 0.0103 e. The van der Waals surface area contributed by atoms with E-state index in [4.69, 9.17) is 0 Å². The molecule has 0 aromatic rings. The van der Waals surface area contributed by atoms with Crippen LogP contribution in [0.3, 0.4) is 0 Å². The number of rotatable bonds is 18.